The van der Waals surface area contributed by atoms with E-state index in [0.29, 0.717) is 29.4 Å². The van der Waals surface area contributed by atoms with E-state index >= 15 is 0 Å². The van der Waals surface area contributed by atoms with Crippen molar-refractivity contribution in [3.63, 3.8) is 0 Å². The lowest BCUT2D eigenvalue weighted by Gasteiger charge is -2.32. The Hall–Kier alpha value is -3.06. The van der Waals surface area contributed by atoms with Gasteiger partial charge in [0, 0.05) is 23.0 Å². The molecule has 1 aliphatic rings. The maximum Gasteiger partial charge on any atom is 0.263 e. The third kappa shape index (κ3) is 3.53. The number of pyridine rings is 1. The Kier molecular flexibility index (Phi) is 5.15. The zero-order valence-electron chi connectivity index (χ0n) is 16.1. The summed E-state index contributed by atoms with van der Waals surface area (Å²) >= 11 is 0. The number of carbonyl (C=O) groups is 1. The van der Waals surface area contributed by atoms with E-state index in [2.05, 4.69) is 6.92 Å². The number of rotatable bonds is 3. The molecule has 1 aliphatic heterocycles. The van der Waals surface area contributed by atoms with Gasteiger partial charge in [-0.2, -0.15) is 0 Å². The fraction of sp³-hybridized carbons (Fsp3) is 0.273. The molecule has 2 aromatic carbocycles. The molecule has 0 spiro atoms. The molecule has 150 valence electrons. The van der Waals surface area contributed by atoms with E-state index in [9.17, 15) is 18.4 Å². The van der Waals surface area contributed by atoms with Crippen LogP contribution in [0.15, 0.2) is 53.5 Å². The Bertz CT molecular complexity index is 1130. The predicted octanol–water partition coefficient (Wildman–Crippen LogP) is 1.63. The van der Waals surface area contributed by atoms with Crippen LogP contribution in [0, 0.1) is 11.6 Å². The van der Waals surface area contributed by atoms with Gasteiger partial charge >= 0.3 is 0 Å². The number of quaternary nitrogens is 1. The van der Waals surface area contributed by atoms with Crippen LogP contribution < -0.4 is 10.5 Å². The summed E-state index contributed by atoms with van der Waals surface area (Å²) < 4.78 is 28.8. The zero-order valence-corrected chi connectivity index (χ0v) is 16.1. The molecule has 0 bridgehead atoms. The van der Waals surface area contributed by atoms with Crippen molar-refractivity contribution in [2.24, 2.45) is 0 Å². The largest absolute Gasteiger partial charge is 0.332 e. The SMILES string of the molecule is CC[NH+]1CCN(C(=O)c2cn(-c3ccc(F)cc3F)c(=O)c3ccccc23)CC1. The van der Waals surface area contributed by atoms with Gasteiger partial charge in [-0.3, -0.25) is 14.2 Å². The topological polar surface area (TPSA) is 46.8 Å². The van der Waals surface area contributed by atoms with E-state index in [0.717, 1.165) is 36.3 Å². The van der Waals surface area contributed by atoms with Gasteiger partial charge in [-0.25, -0.2) is 8.78 Å². The van der Waals surface area contributed by atoms with Gasteiger partial charge in [-0.15, -0.1) is 0 Å². The lowest BCUT2D eigenvalue weighted by molar-refractivity contribution is -0.902. The van der Waals surface area contributed by atoms with Crippen LogP contribution in [0.25, 0.3) is 16.5 Å². The van der Waals surface area contributed by atoms with E-state index in [4.69, 9.17) is 0 Å². The molecule has 2 heterocycles. The highest BCUT2D eigenvalue weighted by atomic mass is 19.1. The molecule has 0 radical (unpaired) electrons. The zero-order chi connectivity index (χ0) is 20.5. The molecule has 1 saturated heterocycles. The van der Waals surface area contributed by atoms with Gasteiger partial charge in [0.25, 0.3) is 11.5 Å². The number of carbonyl (C=O) groups excluding carboxylic acids is 1. The molecule has 0 saturated carbocycles. The smallest absolute Gasteiger partial charge is 0.263 e. The molecule has 0 aliphatic carbocycles. The molecule has 0 unspecified atom stereocenters. The van der Waals surface area contributed by atoms with Crippen molar-refractivity contribution in [2.45, 2.75) is 6.92 Å². The van der Waals surface area contributed by atoms with Crippen LogP contribution >= 0.6 is 0 Å². The predicted molar refractivity (Wildman–Crippen MR) is 107 cm³/mol. The number of hydrogen-bond donors (Lipinski definition) is 1. The minimum Gasteiger partial charge on any atom is -0.332 e. The number of fused-ring (bicyclic) bond motifs is 1. The fourth-order valence-corrected chi connectivity index (χ4v) is 3.87. The molecule has 5 nitrogen and oxygen atoms in total. The number of aromatic nitrogens is 1. The normalized spacial score (nSPS) is 15.1. The van der Waals surface area contributed by atoms with E-state index in [-0.39, 0.29) is 11.6 Å². The number of halogens is 2. The first-order valence-corrected chi connectivity index (χ1v) is 9.72. The maximum atomic E-state index is 14.4. The van der Waals surface area contributed by atoms with Crippen molar-refractivity contribution in [3.8, 4) is 5.69 Å². The highest BCUT2D eigenvalue weighted by molar-refractivity contribution is 6.06. The highest BCUT2D eigenvalue weighted by Crippen LogP contribution is 2.21. The Morgan fingerprint density at radius 3 is 2.41 bits per heavy atom. The molecule has 7 heteroatoms. The van der Waals surface area contributed by atoms with Crippen molar-refractivity contribution >= 4 is 16.7 Å². The monoisotopic (exact) mass is 398 g/mol. The molecule has 1 N–H and O–H groups in total. The number of nitrogens with one attached hydrogen (secondary N) is 1. The summed E-state index contributed by atoms with van der Waals surface area (Å²) in [5.74, 6) is -1.78. The average molecular weight is 398 g/mol. The summed E-state index contributed by atoms with van der Waals surface area (Å²) in [6.45, 7) is 6.12. The lowest BCUT2D eigenvalue weighted by Crippen LogP contribution is -3.14. The summed E-state index contributed by atoms with van der Waals surface area (Å²) in [5, 5.41) is 0.853. The highest BCUT2D eigenvalue weighted by Gasteiger charge is 2.26. The lowest BCUT2D eigenvalue weighted by atomic mass is 10.1. The van der Waals surface area contributed by atoms with E-state index < -0.39 is 17.2 Å². The molecule has 4 rings (SSSR count). The van der Waals surface area contributed by atoms with Gasteiger partial charge in [0.1, 0.15) is 11.6 Å². The van der Waals surface area contributed by atoms with Crippen LogP contribution in [0.2, 0.25) is 0 Å². The Balaban J connectivity index is 1.85. The Labute approximate surface area is 166 Å². The molecule has 0 atom stereocenters. The number of benzene rings is 2. The van der Waals surface area contributed by atoms with Crippen LogP contribution in [0.4, 0.5) is 8.78 Å². The Morgan fingerprint density at radius 2 is 1.76 bits per heavy atom. The number of piperazine rings is 1. The quantitative estimate of drug-likeness (QED) is 0.729. The standard InChI is InChI=1S/C22H21F2N3O2/c1-2-25-9-11-26(12-10-25)21(28)18-14-27(20-8-7-15(23)13-19(20)24)22(29)17-6-4-3-5-16(17)18/h3-8,13-14H,2,9-12H2,1H3/p+1. The van der Waals surface area contributed by atoms with E-state index in [1.165, 1.54) is 17.2 Å². The number of likely N-dealkylation sites (N-methyl/N-ethyl adjacent to an activating group) is 1. The second-order valence-electron chi connectivity index (χ2n) is 7.26. The third-order valence-electron chi connectivity index (χ3n) is 5.58. The van der Waals surface area contributed by atoms with Gasteiger partial charge < -0.3 is 9.80 Å². The van der Waals surface area contributed by atoms with Gasteiger partial charge in [-0.05, 0) is 25.1 Å². The number of nitrogens with zero attached hydrogens (tertiary/aromatic N) is 2. The van der Waals surface area contributed by atoms with E-state index in [1.54, 1.807) is 29.2 Å². The fourth-order valence-electron chi connectivity index (χ4n) is 3.87. The first-order valence-electron chi connectivity index (χ1n) is 9.72. The molecule has 3 aromatic rings. The summed E-state index contributed by atoms with van der Waals surface area (Å²) in [5.41, 5.74) is -0.205. The van der Waals surface area contributed by atoms with Crippen molar-refractivity contribution < 1.29 is 18.5 Å². The van der Waals surface area contributed by atoms with Crippen molar-refractivity contribution in [2.75, 3.05) is 32.7 Å². The van der Waals surface area contributed by atoms with Crippen molar-refractivity contribution in [1.82, 2.24) is 9.47 Å². The molecular formula is C22H22F2N3O2+. The molecular weight excluding hydrogens is 376 g/mol. The summed E-state index contributed by atoms with van der Waals surface area (Å²) in [6.07, 6.45) is 1.38. The van der Waals surface area contributed by atoms with Crippen LogP contribution in [0.3, 0.4) is 0 Å². The van der Waals surface area contributed by atoms with E-state index in [1.807, 2.05) is 0 Å². The summed E-state index contributed by atoms with van der Waals surface area (Å²) in [7, 11) is 0. The third-order valence-corrected chi connectivity index (χ3v) is 5.58. The minimum atomic E-state index is -0.860. The average Bonchev–Trinajstić information content (AvgIpc) is 2.74. The summed E-state index contributed by atoms with van der Waals surface area (Å²) in [6, 6.07) is 9.83. The van der Waals surface area contributed by atoms with Crippen molar-refractivity contribution in [1.29, 1.82) is 0 Å². The number of hydrogen-bond acceptors (Lipinski definition) is 2. The molecule has 1 amide bonds. The molecule has 1 aromatic heterocycles. The van der Waals surface area contributed by atoms with Crippen LogP contribution in [-0.2, 0) is 0 Å². The van der Waals surface area contributed by atoms with Crippen molar-refractivity contribution in [3.05, 3.63) is 76.2 Å². The second kappa shape index (κ2) is 7.75. The number of amides is 1. The van der Waals surface area contributed by atoms with Gasteiger partial charge in [0.15, 0.2) is 0 Å². The second-order valence-corrected chi connectivity index (χ2v) is 7.26. The van der Waals surface area contributed by atoms with Gasteiger partial charge in [0.05, 0.1) is 44.0 Å². The molecule has 29 heavy (non-hydrogen) atoms. The maximum absolute atomic E-state index is 14.4. The van der Waals surface area contributed by atoms with Crippen LogP contribution in [0.5, 0.6) is 0 Å². The van der Waals surface area contributed by atoms with Gasteiger partial charge in [-0.1, -0.05) is 18.2 Å². The van der Waals surface area contributed by atoms with Crippen LogP contribution in [0.1, 0.15) is 17.3 Å². The summed E-state index contributed by atoms with van der Waals surface area (Å²) in [4.78, 5) is 29.5. The first-order chi connectivity index (χ1) is 14.0. The molecule has 1 fully saturated rings. The minimum absolute atomic E-state index is 0.0866. The Morgan fingerprint density at radius 1 is 1.07 bits per heavy atom. The first kappa shape index (κ1) is 19.3. The van der Waals surface area contributed by atoms with Gasteiger partial charge in [0.2, 0.25) is 0 Å². The van der Waals surface area contributed by atoms with Crippen LogP contribution in [-0.4, -0.2) is 48.1 Å².